The number of esters is 1. The monoisotopic (exact) mass is 376 g/mol. The lowest BCUT2D eigenvalue weighted by atomic mass is 10.1. The van der Waals surface area contributed by atoms with Gasteiger partial charge in [0.2, 0.25) is 0 Å². The molecule has 28 heavy (non-hydrogen) atoms. The maximum absolute atomic E-state index is 12.4. The van der Waals surface area contributed by atoms with Gasteiger partial charge >= 0.3 is 5.97 Å². The molecule has 0 spiro atoms. The lowest BCUT2D eigenvalue weighted by Gasteiger charge is -2.14. The second kappa shape index (κ2) is 8.35. The number of nitrogens with one attached hydrogen (secondary N) is 1. The average Bonchev–Trinajstić information content (AvgIpc) is 3.23. The highest BCUT2D eigenvalue weighted by molar-refractivity contribution is 5.99. The first-order valence-corrected chi connectivity index (χ1v) is 8.80. The molecule has 2 aromatic carbocycles. The fourth-order valence-corrected chi connectivity index (χ4v) is 2.64. The number of hydrogen-bond donors (Lipinski definition) is 1. The molecule has 0 aliphatic heterocycles. The Morgan fingerprint density at radius 1 is 0.929 bits per heavy atom. The maximum atomic E-state index is 12.4. The first kappa shape index (κ1) is 19.1. The molecule has 1 aromatic heterocycles. The normalized spacial score (nSPS) is 11.5. The van der Waals surface area contributed by atoms with Crippen LogP contribution in [0.5, 0.6) is 0 Å². The van der Waals surface area contributed by atoms with Gasteiger partial charge in [0.15, 0.2) is 11.9 Å². The molecular formula is C22H20N2O4. The lowest BCUT2D eigenvalue weighted by molar-refractivity contribution is -0.123. The number of anilines is 1. The van der Waals surface area contributed by atoms with Crippen molar-refractivity contribution < 1.29 is 19.1 Å². The van der Waals surface area contributed by atoms with Crippen LogP contribution in [-0.4, -0.2) is 28.3 Å². The molecule has 6 nitrogen and oxygen atoms in total. The van der Waals surface area contributed by atoms with Crippen LogP contribution in [0.3, 0.4) is 0 Å². The number of rotatable bonds is 6. The molecule has 0 saturated carbocycles. The van der Waals surface area contributed by atoms with Crippen LogP contribution in [0.4, 0.5) is 5.69 Å². The van der Waals surface area contributed by atoms with E-state index in [9.17, 15) is 14.4 Å². The number of Topliss-reactive ketones (excluding diaryl/α,β-unsaturated/α-hetero) is 1. The number of nitrogens with zero attached hydrogens (tertiary/aromatic N) is 1. The summed E-state index contributed by atoms with van der Waals surface area (Å²) in [6, 6.07) is 17.3. The van der Waals surface area contributed by atoms with Crippen molar-refractivity contribution in [3.05, 3.63) is 84.2 Å². The summed E-state index contributed by atoms with van der Waals surface area (Å²) in [6.45, 7) is 2.95. The molecule has 0 unspecified atom stereocenters. The standard InChI is InChI=1S/C22H20N2O4/c1-15(25)17-7-5-9-19(13-17)23-21(26)16(2)28-22(27)18-8-6-10-20(14-18)24-11-3-4-12-24/h3-14,16H,1-2H3,(H,23,26)/t16-/m0/s1. The number of aromatic nitrogens is 1. The first-order chi connectivity index (χ1) is 13.4. The molecule has 142 valence electrons. The van der Waals surface area contributed by atoms with Gasteiger partial charge in [0.25, 0.3) is 5.91 Å². The van der Waals surface area contributed by atoms with Crippen LogP contribution >= 0.6 is 0 Å². The van der Waals surface area contributed by atoms with Gasteiger partial charge in [-0.25, -0.2) is 4.79 Å². The Morgan fingerprint density at radius 3 is 2.32 bits per heavy atom. The molecule has 0 fully saturated rings. The van der Waals surface area contributed by atoms with Crippen LogP contribution in [0.25, 0.3) is 5.69 Å². The van der Waals surface area contributed by atoms with Crippen molar-refractivity contribution in [3.63, 3.8) is 0 Å². The van der Waals surface area contributed by atoms with E-state index in [-0.39, 0.29) is 5.78 Å². The number of hydrogen-bond acceptors (Lipinski definition) is 4. The van der Waals surface area contributed by atoms with E-state index in [0.717, 1.165) is 5.69 Å². The van der Waals surface area contributed by atoms with Gasteiger partial charge in [0.05, 0.1) is 5.56 Å². The molecule has 1 heterocycles. The Morgan fingerprint density at radius 2 is 1.61 bits per heavy atom. The van der Waals surface area contributed by atoms with E-state index in [1.54, 1.807) is 42.5 Å². The predicted molar refractivity (Wildman–Crippen MR) is 106 cm³/mol. The van der Waals surface area contributed by atoms with E-state index in [0.29, 0.717) is 16.8 Å². The smallest absolute Gasteiger partial charge is 0.338 e. The van der Waals surface area contributed by atoms with Crippen molar-refractivity contribution in [3.8, 4) is 5.69 Å². The van der Waals surface area contributed by atoms with Gasteiger partial charge < -0.3 is 14.6 Å². The van der Waals surface area contributed by atoms with Gasteiger partial charge in [0.1, 0.15) is 0 Å². The van der Waals surface area contributed by atoms with Crippen LogP contribution in [-0.2, 0) is 9.53 Å². The van der Waals surface area contributed by atoms with Gasteiger partial charge in [-0.15, -0.1) is 0 Å². The largest absolute Gasteiger partial charge is 0.449 e. The highest BCUT2D eigenvalue weighted by Gasteiger charge is 2.19. The highest BCUT2D eigenvalue weighted by Crippen LogP contribution is 2.15. The zero-order chi connectivity index (χ0) is 20.1. The van der Waals surface area contributed by atoms with E-state index in [2.05, 4.69) is 5.32 Å². The molecule has 1 N–H and O–H groups in total. The Balaban J connectivity index is 1.65. The molecule has 0 aliphatic carbocycles. The molecule has 0 saturated heterocycles. The van der Waals surface area contributed by atoms with Crippen molar-refractivity contribution in [2.45, 2.75) is 20.0 Å². The fraction of sp³-hybridized carbons (Fsp3) is 0.136. The number of amides is 1. The van der Waals surface area contributed by atoms with Crippen LogP contribution in [0, 0.1) is 0 Å². The minimum atomic E-state index is -0.997. The molecule has 3 aromatic rings. The summed E-state index contributed by atoms with van der Waals surface area (Å²) in [5, 5.41) is 2.66. The molecule has 0 bridgehead atoms. The summed E-state index contributed by atoms with van der Waals surface area (Å²) < 4.78 is 7.16. The molecule has 0 radical (unpaired) electrons. The maximum Gasteiger partial charge on any atom is 0.338 e. The first-order valence-electron chi connectivity index (χ1n) is 8.80. The molecule has 0 aliphatic rings. The number of benzene rings is 2. The van der Waals surface area contributed by atoms with Crippen LogP contribution in [0.2, 0.25) is 0 Å². The quantitative estimate of drug-likeness (QED) is 0.523. The van der Waals surface area contributed by atoms with Crippen molar-refractivity contribution in [1.82, 2.24) is 4.57 Å². The molecule has 1 atom stereocenters. The summed E-state index contributed by atoms with van der Waals surface area (Å²) in [5.74, 6) is -1.16. The van der Waals surface area contributed by atoms with E-state index in [4.69, 9.17) is 4.74 Å². The van der Waals surface area contributed by atoms with E-state index < -0.39 is 18.0 Å². The van der Waals surface area contributed by atoms with E-state index in [1.165, 1.54) is 13.8 Å². The van der Waals surface area contributed by atoms with E-state index in [1.807, 2.05) is 35.2 Å². The topological polar surface area (TPSA) is 77.4 Å². The van der Waals surface area contributed by atoms with Crippen molar-refractivity contribution in [1.29, 1.82) is 0 Å². The summed E-state index contributed by atoms with van der Waals surface area (Å²) in [6.07, 6.45) is 2.74. The Hall–Kier alpha value is -3.67. The van der Waals surface area contributed by atoms with Gasteiger partial charge in [-0.1, -0.05) is 18.2 Å². The number of carbonyl (C=O) groups is 3. The molecule has 6 heteroatoms. The zero-order valence-corrected chi connectivity index (χ0v) is 15.6. The zero-order valence-electron chi connectivity index (χ0n) is 15.6. The molecule has 1 amide bonds. The third kappa shape index (κ3) is 4.54. The van der Waals surface area contributed by atoms with Crippen molar-refractivity contribution in [2.24, 2.45) is 0 Å². The second-order valence-electron chi connectivity index (χ2n) is 6.31. The lowest BCUT2D eigenvalue weighted by Crippen LogP contribution is -2.30. The SMILES string of the molecule is CC(=O)c1cccc(NC(=O)[C@H](C)OC(=O)c2cccc(-n3cccc3)c2)c1. The van der Waals surface area contributed by atoms with Gasteiger partial charge in [-0.2, -0.15) is 0 Å². The minimum absolute atomic E-state index is 0.0989. The second-order valence-corrected chi connectivity index (χ2v) is 6.31. The van der Waals surface area contributed by atoms with Crippen LogP contribution in [0.1, 0.15) is 34.6 Å². The number of ether oxygens (including phenoxy) is 1. The van der Waals surface area contributed by atoms with Crippen LogP contribution in [0.15, 0.2) is 73.1 Å². The van der Waals surface area contributed by atoms with Crippen molar-refractivity contribution >= 4 is 23.3 Å². The Bertz CT molecular complexity index is 1010. The predicted octanol–water partition coefficient (Wildman–Crippen LogP) is 3.86. The van der Waals surface area contributed by atoms with Gasteiger partial charge in [-0.05, 0) is 56.3 Å². The average molecular weight is 376 g/mol. The summed E-state index contributed by atoms with van der Waals surface area (Å²) in [4.78, 5) is 36.2. The van der Waals surface area contributed by atoms with Gasteiger partial charge in [0, 0.05) is 29.3 Å². The Labute approximate surface area is 162 Å². The Kier molecular flexibility index (Phi) is 5.69. The minimum Gasteiger partial charge on any atom is -0.449 e. The van der Waals surface area contributed by atoms with Crippen LogP contribution < -0.4 is 5.32 Å². The van der Waals surface area contributed by atoms with E-state index >= 15 is 0 Å². The van der Waals surface area contributed by atoms with Crippen molar-refractivity contribution in [2.75, 3.05) is 5.32 Å². The fourth-order valence-electron chi connectivity index (χ4n) is 2.64. The summed E-state index contributed by atoms with van der Waals surface area (Å²) in [5.41, 5.74) is 2.13. The molecule has 3 rings (SSSR count). The van der Waals surface area contributed by atoms with Gasteiger partial charge in [-0.3, -0.25) is 9.59 Å². The highest BCUT2D eigenvalue weighted by atomic mass is 16.5. The number of carbonyl (C=O) groups excluding carboxylic acids is 3. The summed E-state index contributed by atoms with van der Waals surface area (Å²) in [7, 11) is 0. The third-order valence-corrected chi connectivity index (χ3v) is 4.17. The summed E-state index contributed by atoms with van der Waals surface area (Å²) >= 11 is 0. The third-order valence-electron chi connectivity index (χ3n) is 4.17. The molecular weight excluding hydrogens is 356 g/mol. The number of ketones is 1.